The summed E-state index contributed by atoms with van der Waals surface area (Å²) in [5.41, 5.74) is 0.524. The first-order chi connectivity index (χ1) is 11.9. The summed E-state index contributed by atoms with van der Waals surface area (Å²) < 4.78 is 20.6. The monoisotopic (exact) mass is 380 g/mol. The van der Waals surface area contributed by atoms with Crippen LogP contribution >= 0.6 is 23.2 Å². The SMILES string of the molecule is O=[N+]([O-])c1cc(Cl)c(Oc2ccc3c(c2F)C2(C=N3)CCC2)c(Cl)c1. The van der Waals surface area contributed by atoms with Crippen LogP contribution in [0.1, 0.15) is 24.8 Å². The zero-order valence-corrected chi connectivity index (χ0v) is 14.3. The fourth-order valence-corrected chi connectivity index (χ4v) is 3.81. The molecule has 25 heavy (non-hydrogen) atoms. The smallest absolute Gasteiger partial charge is 0.272 e. The topological polar surface area (TPSA) is 64.7 Å². The van der Waals surface area contributed by atoms with E-state index in [2.05, 4.69) is 4.99 Å². The van der Waals surface area contributed by atoms with E-state index < -0.39 is 10.7 Å². The van der Waals surface area contributed by atoms with E-state index >= 15 is 4.39 Å². The van der Waals surface area contributed by atoms with Crippen LogP contribution in [0.4, 0.5) is 15.8 Å². The third kappa shape index (κ3) is 2.48. The molecule has 4 rings (SSSR count). The molecule has 1 fully saturated rings. The van der Waals surface area contributed by atoms with Gasteiger partial charge in [0.1, 0.15) is 0 Å². The number of hydrogen-bond acceptors (Lipinski definition) is 4. The average Bonchev–Trinajstić information content (AvgIpc) is 2.93. The second-order valence-electron chi connectivity index (χ2n) is 6.14. The maximum Gasteiger partial charge on any atom is 0.272 e. The van der Waals surface area contributed by atoms with Crippen molar-refractivity contribution in [1.29, 1.82) is 0 Å². The van der Waals surface area contributed by atoms with Crippen LogP contribution in [0.2, 0.25) is 10.0 Å². The van der Waals surface area contributed by atoms with Crippen LogP contribution in [-0.2, 0) is 5.41 Å². The van der Waals surface area contributed by atoms with Crippen LogP contribution < -0.4 is 4.74 Å². The van der Waals surface area contributed by atoms with Gasteiger partial charge in [-0.3, -0.25) is 15.1 Å². The summed E-state index contributed by atoms with van der Waals surface area (Å²) in [6.45, 7) is 0. The lowest BCUT2D eigenvalue weighted by atomic mass is 9.66. The highest BCUT2D eigenvalue weighted by Gasteiger charge is 2.44. The minimum atomic E-state index is -0.616. The molecule has 0 amide bonds. The first kappa shape index (κ1) is 16.3. The Balaban J connectivity index is 1.74. The molecule has 1 saturated carbocycles. The van der Waals surface area contributed by atoms with Gasteiger partial charge in [0.25, 0.3) is 5.69 Å². The van der Waals surface area contributed by atoms with Crippen molar-refractivity contribution in [1.82, 2.24) is 0 Å². The molecule has 1 aliphatic heterocycles. The molecule has 2 aromatic rings. The highest BCUT2D eigenvalue weighted by molar-refractivity contribution is 6.37. The van der Waals surface area contributed by atoms with Crippen molar-refractivity contribution in [3.8, 4) is 11.5 Å². The Morgan fingerprint density at radius 1 is 1.24 bits per heavy atom. The van der Waals surface area contributed by atoms with Gasteiger partial charge in [-0.25, -0.2) is 4.39 Å². The molecule has 0 N–H and O–H groups in total. The van der Waals surface area contributed by atoms with Gasteiger partial charge in [0, 0.05) is 29.3 Å². The largest absolute Gasteiger partial charge is 0.451 e. The molecular formula is C17H11Cl2FN2O3. The lowest BCUT2D eigenvalue weighted by molar-refractivity contribution is -0.384. The van der Waals surface area contributed by atoms with Gasteiger partial charge >= 0.3 is 0 Å². The number of benzene rings is 2. The summed E-state index contributed by atoms with van der Waals surface area (Å²) in [6.07, 6.45) is 4.53. The minimum Gasteiger partial charge on any atom is -0.451 e. The van der Waals surface area contributed by atoms with E-state index in [0.29, 0.717) is 11.3 Å². The van der Waals surface area contributed by atoms with Crippen LogP contribution in [0.3, 0.4) is 0 Å². The lowest BCUT2D eigenvalue weighted by Crippen LogP contribution is -2.34. The fourth-order valence-electron chi connectivity index (χ4n) is 3.26. The molecule has 1 heterocycles. The molecule has 0 saturated heterocycles. The van der Waals surface area contributed by atoms with E-state index in [9.17, 15) is 10.1 Å². The van der Waals surface area contributed by atoms with Crippen molar-refractivity contribution in [2.24, 2.45) is 4.99 Å². The van der Waals surface area contributed by atoms with Crippen molar-refractivity contribution in [3.05, 3.63) is 55.8 Å². The number of hydrogen-bond donors (Lipinski definition) is 0. The molecule has 0 unspecified atom stereocenters. The average molecular weight is 381 g/mol. The molecule has 1 spiro atoms. The van der Waals surface area contributed by atoms with E-state index in [1.54, 1.807) is 12.3 Å². The van der Waals surface area contributed by atoms with Gasteiger partial charge in [-0.2, -0.15) is 0 Å². The number of fused-ring (bicyclic) bond motifs is 2. The Morgan fingerprint density at radius 2 is 1.92 bits per heavy atom. The Bertz CT molecular complexity index is 919. The molecule has 2 aliphatic rings. The summed E-state index contributed by atoms with van der Waals surface area (Å²) in [5.74, 6) is -0.553. The van der Waals surface area contributed by atoms with Crippen molar-refractivity contribution >= 4 is 40.8 Å². The first-order valence-electron chi connectivity index (χ1n) is 7.61. The quantitative estimate of drug-likeness (QED) is 0.486. The summed E-state index contributed by atoms with van der Waals surface area (Å²) in [6, 6.07) is 5.37. The third-order valence-electron chi connectivity index (χ3n) is 4.68. The van der Waals surface area contributed by atoms with Gasteiger partial charge in [0.05, 0.1) is 20.7 Å². The predicted molar refractivity (Wildman–Crippen MR) is 93.3 cm³/mol. The lowest BCUT2D eigenvalue weighted by Gasteiger charge is -2.36. The van der Waals surface area contributed by atoms with Crippen molar-refractivity contribution < 1.29 is 14.1 Å². The number of aliphatic imine (C=N–C) groups is 1. The van der Waals surface area contributed by atoms with Gasteiger partial charge in [-0.1, -0.05) is 29.6 Å². The second-order valence-corrected chi connectivity index (χ2v) is 6.95. The molecular weight excluding hydrogens is 370 g/mol. The number of nitro groups is 1. The summed E-state index contributed by atoms with van der Waals surface area (Å²) >= 11 is 12.1. The number of ether oxygens (including phenoxy) is 1. The molecule has 0 bridgehead atoms. The predicted octanol–water partition coefficient (Wildman–Crippen LogP) is 5.97. The Hall–Kier alpha value is -2.18. The number of nitro benzene ring substituents is 1. The molecule has 0 atom stereocenters. The highest BCUT2D eigenvalue weighted by atomic mass is 35.5. The van der Waals surface area contributed by atoms with E-state index in [1.165, 1.54) is 6.07 Å². The van der Waals surface area contributed by atoms with Crippen molar-refractivity contribution in [2.45, 2.75) is 24.7 Å². The molecule has 128 valence electrons. The van der Waals surface area contributed by atoms with Gasteiger partial charge in [0.15, 0.2) is 17.3 Å². The maximum atomic E-state index is 15.0. The number of halogens is 3. The van der Waals surface area contributed by atoms with Crippen molar-refractivity contribution in [3.63, 3.8) is 0 Å². The summed E-state index contributed by atoms with van der Waals surface area (Å²) in [4.78, 5) is 14.5. The number of nitrogens with zero attached hydrogens (tertiary/aromatic N) is 2. The molecule has 0 radical (unpaired) electrons. The number of rotatable bonds is 3. The van der Waals surface area contributed by atoms with Crippen LogP contribution in [0.15, 0.2) is 29.3 Å². The van der Waals surface area contributed by atoms with Crippen LogP contribution in [0.5, 0.6) is 11.5 Å². The number of non-ortho nitro benzene ring substituents is 1. The van der Waals surface area contributed by atoms with Gasteiger partial charge in [-0.05, 0) is 25.0 Å². The molecule has 8 heteroatoms. The van der Waals surface area contributed by atoms with Crippen molar-refractivity contribution in [2.75, 3.05) is 0 Å². The van der Waals surface area contributed by atoms with Gasteiger partial charge < -0.3 is 4.74 Å². The van der Waals surface area contributed by atoms with E-state index in [-0.39, 0.29) is 32.6 Å². The molecule has 0 aromatic heterocycles. The summed E-state index contributed by atoms with van der Waals surface area (Å²) in [7, 11) is 0. The molecule has 5 nitrogen and oxygen atoms in total. The highest BCUT2D eigenvalue weighted by Crippen LogP contribution is 2.52. The Labute approximate surface area is 152 Å². The van der Waals surface area contributed by atoms with Crippen LogP contribution in [-0.4, -0.2) is 11.1 Å². The zero-order chi connectivity index (χ0) is 17.8. The molecule has 1 aliphatic carbocycles. The minimum absolute atomic E-state index is 0.0191. The fraction of sp³-hybridized carbons (Fsp3) is 0.235. The Kier molecular flexibility index (Phi) is 3.70. The van der Waals surface area contributed by atoms with E-state index in [4.69, 9.17) is 27.9 Å². The standard InChI is InChI=1S/C17H11Cl2FN2O3/c18-10-6-9(22(23)24)7-11(19)16(10)25-13-3-2-12-14(15(13)20)17(8-21-12)4-1-5-17/h2-3,6-8H,1,4-5H2. The van der Waals surface area contributed by atoms with Crippen LogP contribution in [0, 0.1) is 15.9 Å². The van der Waals surface area contributed by atoms with Gasteiger partial charge in [-0.15, -0.1) is 0 Å². The zero-order valence-electron chi connectivity index (χ0n) is 12.8. The van der Waals surface area contributed by atoms with Gasteiger partial charge in [0.2, 0.25) is 0 Å². The van der Waals surface area contributed by atoms with E-state index in [1.807, 2.05) is 0 Å². The Morgan fingerprint density at radius 3 is 2.48 bits per heavy atom. The second kappa shape index (κ2) is 5.68. The third-order valence-corrected chi connectivity index (χ3v) is 5.25. The maximum absolute atomic E-state index is 15.0. The van der Waals surface area contributed by atoms with Crippen LogP contribution in [0.25, 0.3) is 0 Å². The normalized spacial score (nSPS) is 16.6. The summed E-state index contributed by atoms with van der Waals surface area (Å²) in [5, 5.41) is 10.7. The first-order valence-corrected chi connectivity index (χ1v) is 8.36. The van der Waals surface area contributed by atoms with E-state index in [0.717, 1.165) is 31.4 Å². The molecule has 2 aromatic carbocycles.